The predicted octanol–water partition coefficient (Wildman–Crippen LogP) is 0.933. The van der Waals surface area contributed by atoms with Gasteiger partial charge in [-0.2, -0.15) is 13.1 Å². The van der Waals surface area contributed by atoms with Gasteiger partial charge in [0.1, 0.15) is 11.6 Å². The van der Waals surface area contributed by atoms with Crippen LogP contribution in [-0.2, 0) is 24.5 Å². The highest BCUT2D eigenvalue weighted by Gasteiger charge is 2.32. The number of hydrogen-bond donors (Lipinski definition) is 2. The van der Waals surface area contributed by atoms with Gasteiger partial charge >= 0.3 is 22.3 Å². The molecule has 0 rings (SSSR count). The first-order valence-electron chi connectivity index (χ1n) is 6.57. The molecule has 0 saturated carbocycles. The maximum Gasteiger partial charge on any atom is 0.421 e. The summed E-state index contributed by atoms with van der Waals surface area (Å²) in [7, 11) is -4.22. The molecule has 2 N–H and O–H groups in total. The van der Waals surface area contributed by atoms with Crippen molar-refractivity contribution in [3.05, 3.63) is 0 Å². The molecule has 1 atom stereocenters. The summed E-state index contributed by atoms with van der Waals surface area (Å²) in [4.78, 5) is 23.1. The lowest BCUT2D eigenvalue weighted by atomic mass is 10.1. The molecule has 124 valence electrons. The zero-order valence-corrected chi connectivity index (χ0v) is 14.0. The molecule has 0 saturated heterocycles. The average molecular weight is 324 g/mol. The molecule has 0 aromatic rings. The monoisotopic (exact) mass is 324 g/mol. The fourth-order valence-corrected chi connectivity index (χ4v) is 2.33. The van der Waals surface area contributed by atoms with Gasteiger partial charge in [-0.1, -0.05) is 13.8 Å². The van der Waals surface area contributed by atoms with Crippen molar-refractivity contribution in [1.82, 2.24) is 9.44 Å². The molecule has 0 aromatic heterocycles. The van der Waals surface area contributed by atoms with Crippen molar-refractivity contribution in [2.75, 3.05) is 6.61 Å². The number of rotatable bonds is 6. The third-order valence-electron chi connectivity index (χ3n) is 2.10. The van der Waals surface area contributed by atoms with Gasteiger partial charge in [0.05, 0.1) is 6.61 Å². The van der Waals surface area contributed by atoms with E-state index in [2.05, 4.69) is 9.46 Å². The number of hydrogen-bond acceptors (Lipinski definition) is 6. The second-order valence-corrected chi connectivity index (χ2v) is 7.15. The summed E-state index contributed by atoms with van der Waals surface area (Å²) >= 11 is 0. The average Bonchev–Trinajstić information content (AvgIpc) is 2.22. The summed E-state index contributed by atoms with van der Waals surface area (Å²) in [6, 6.07) is -1.11. The summed E-state index contributed by atoms with van der Waals surface area (Å²) < 4.78 is 36.9. The first-order valence-corrected chi connectivity index (χ1v) is 8.06. The van der Waals surface area contributed by atoms with Gasteiger partial charge in [-0.3, -0.25) is 4.79 Å². The van der Waals surface area contributed by atoms with Crippen LogP contribution in [0.3, 0.4) is 0 Å². The van der Waals surface area contributed by atoms with Crippen molar-refractivity contribution in [2.45, 2.75) is 53.2 Å². The standard InChI is InChI=1S/C12H24N2O6S/c1-7-19-11(16)14-21(17,18)13-9(8(2)3)10(15)20-12(4,5)6/h8-9,13H,7H2,1-6H3,(H,14,16)/t9-/m0/s1. The molecule has 0 radical (unpaired) electrons. The van der Waals surface area contributed by atoms with Gasteiger partial charge in [0.25, 0.3) is 0 Å². The van der Waals surface area contributed by atoms with Crippen LogP contribution < -0.4 is 9.44 Å². The zero-order chi connectivity index (χ0) is 16.8. The van der Waals surface area contributed by atoms with Crippen LogP contribution in [0.5, 0.6) is 0 Å². The summed E-state index contributed by atoms with van der Waals surface area (Å²) in [5.41, 5.74) is -0.746. The minimum atomic E-state index is -4.22. The largest absolute Gasteiger partial charge is 0.459 e. The fraction of sp³-hybridized carbons (Fsp3) is 0.833. The fourth-order valence-electron chi connectivity index (χ4n) is 1.29. The van der Waals surface area contributed by atoms with E-state index in [-0.39, 0.29) is 12.5 Å². The number of amides is 1. The van der Waals surface area contributed by atoms with Crippen molar-refractivity contribution in [3.63, 3.8) is 0 Å². The smallest absolute Gasteiger partial charge is 0.421 e. The molecule has 0 aliphatic carbocycles. The number of nitrogens with one attached hydrogen (secondary N) is 2. The lowest BCUT2D eigenvalue weighted by Gasteiger charge is -2.26. The number of esters is 1. The molecule has 0 spiro atoms. The van der Waals surface area contributed by atoms with Crippen LogP contribution >= 0.6 is 0 Å². The Bertz CT molecular complexity index is 467. The van der Waals surface area contributed by atoms with Gasteiger partial charge in [0, 0.05) is 0 Å². The zero-order valence-electron chi connectivity index (χ0n) is 13.2. The van der Waals surface area contributed by atoms with Crippen molar-refractivity contribution in [1.29, 1.82) is 0 Å². The summed E-state index contributed by atoms with van der Waals surface area (Å²) in [6.07, 6.45) is -1.11. The molecule has 0 unspecified atom stereocenters. The Morgan fingerprint density at radius 3 is 2.10 bits per heavy atom. The van der Waals surface area contributed by atoms with E-state index in [0.717, 1.165) is 0 Å². The highest BCUT2D eigenvalue weighted by atomic mass is 32.2. The van der Waals surface area contributed by atoms with Crippen LogP contribution in [0.2, 0.25) is 0 Å². The molecule has 8 nitrogen and oxygen atoms in total. The third kappa shape index (κ3) is 8.51. The predicted molar refractivity (Wildman–Crippen MR) is 76.7 cm³/mol. The Morgan fingerprint density at radius 1 is 1.19 bits per heavy atom. The van der Waals surface area contributed by atoms with Crippen LogP contribution in [0.4, 0.5) is 4.79 Å². The Morgan fingerprint density at radius 2 is 1.71 bits per heavy atom. The minimum absolute atomic E-state index is 0.0288. The van der Waals surface area contributed by atoms with E-state index in [1.165, 1.54) is 6.92 Å². The van der Waals surface area contributed by atoms with Crippen molar-refractivity contribution < 1.29 is 27.5 Å². The molecular weight excluding hydrogens is 300 g/mol. The Hall–Kier alpha value is -1.35. The first kappa shape index (κ1) is 19.7. The van der Waals surface area contributed by atoms with Crippen LogP contribution in [0.25, 0.3) is 0 Å². The van der Waals surface area contributed by atoms with Crippen molar-refractivity contribution in [2.24, 2.45) is 5.92 Å². The van der Waals surface area contributed by atoms with Crippen molar-refractivity contribution in [3.8, 4) is 0 Å². The Labute approximate surface area is 125 Å². The number of carbonyl (C=O) groups is 2. The van der Waals surface area contributed by atoms with Gasteiger partial charge in [0.15, 0.2) is 0 Å². The summed E-state index contributed by atoms with van der Waals surface area (Å²) in [6.45, 7) is 9.90. The number of ether oxygens (including phenoxy) is 2. The van der Waals surface area contributed by atoms with Gasteiger partial charge in [0.2, 0.25) is 0 Å². The maximum atomic E-state index is 12.0. The van der Waals surface area contributed by atoms with Gasteiger partial charge in [-0.25, -0.2) is 9.52 Å². The highest BCUT2D eigenvalue weighted by Crippen LogP contribution is 2.12. The number of carbonyl (C=O) groups excluding carboxylic acids is 2. The molecule has 0 bridgehead atoms. The van der Waals surface area contributed by atoms with E-state index in [9.17, 15) is 18.0 Å². The van der Waals surface area contributed by atoms with Crippen LogP contribution in [0, 0.1) is 5.92 Å². The topological polar surface area (TPSA) is 111 Å². The van der Waals surface area contributed by atoms with Crippen LogP contribution in [-0.4, -0.2) is 38.7 Å². The second kappa shape index (κ2) is 7.60. The highest BCUT2D eigenvalue weighted by molar-refractivity contribution is 7.88. The van der Waals surface area contributed by atoms with Gasteiger partial charge in [-0.15, -0.1) is 0 Å². The van der Waals surface area contributed by atoms with Crippen molar-refractivity contribution >= 4 is 22.3 Å². The normalized spacial score (nSPS) is 13.7. The molecule has 21 heavy (non-hydrogen) atoms. The summed E-state index contributed by atoms with van der Waals surface area (Å²) in [5.74, 6) is -1.08. The molecule has 1 amide bonds. The van der Waals surface area contributed by atoms with Gasteiger partial charge < -0.3 is 9.47 Å². The van der Waals surface area contributed by atoms with Crippen LogP contribution in [0.1, 0.15) is 41.5 Å². The van der Waals surface area contributed by atoms with E-state index < -0.39 is 33.9 Å². The molecule has 0 aliphatic heterocycles. The SMILES string of the molecule is CCOC(=O)NS(=O)(=O)N[C@H](C(=O)OC(C)(C)C)C(C)C. The second-order valence-electron chi connectivity index (χ2n) is 5.70. The van der Waals surface area contributed by atoms with Crippen LogP contribution in [0.15, 0.2) is 0 Å². The maximum absolute atomic E-state index is 12.0. The molecule has 0 aliphatic rings. The molecular formula is C12H24N2O6S. The quantitative estimate of drug-likeness (QED) is 0.703. The minimum Gasteiger partial charge on any atom is -0.459 e. The molecule has 0 heterocycles. The van der Waals surface area contributed by atoms with Gasteiger partial charge in [-0.05, 0) is 33.6 Å². The van der Waals surface area contributed by atoms with E-state index >= 15 is 0 Å². The Kier molecular flexibility index (Phi) is 7.11. The Balaban J connectivity index is 4.93. The molecule has 9 heteroatoms. The summed E-state index contributed by atoms with van der Waals surface area (Å²) in [5, 5.41) is 0. The first-order chi connectivity index (χ1) is 9.38. The molecule has 0 fully saturated rings. The van der Waals surface area contributed by atoms with E-state index in [0.29, 0.717) is 0 Å². The van der Waals surface area contributed by atoms with E-state index in [1.807, 2.05) is 0 Å². The lowest BCUT2D eigenvalue weighted by Crippen LogP contribution is -2.51. The lowest BCUT2D eigenvalue weighted by molar-refractivity contribution is -0.158. The van der Waals surface area contributed by atoms with E-state index in [1.54, 1.807) is 39.3 Å². The van der Waals surface area contributed by atoms with E-state index in [4.69, 9.17) is 4.74 Å². The third-order valence-corrected chi connectivity index (χ3v) is 3.10. The molecule has 0 aromatic carbocycles.